The molecule has 1 unspecified atom stereocenters. The first kappa shape index (κ1) is 20.3. The molecule has 3 aromatic rings. The van der Waals surface area contributed by atoms with E-state index in [0.717, 1.165) is 22.7 Å². The number of para-hydroxylation sites is 1. The lowest BCUT2D eigenvalue weighted by atomic mass is 10.1. The van der Waals surface area contributed by atoms with Gasteiger partial charge in [-0.1, -0.05) is 54.9 Å². The van der Waals surface area contributed by atoms with Crippen molar-refractivity contribution in [2.75, 3.05) is 18.9 Å². The quantitative estimate of drug-likeness (QED) is 0.519. The Labute approximate surface area is 174 Å². The van der Waals surface area contributed by atoms with Crippen molar-refractivity contribution in [2.24, 2.45) is 0 Å². The van der Waals surface area contributed by atoms with Gasteiger partial charge in [0.1, 0.15) is 0 Å². The summed E-state index contributed by atoms with van der Waals surface area (Å²) in [5.41, 5.74) is 2.87. The van der Waals surface area contributed by atoms with Crippen LogP contribution in [0.3, 0.4) is 0 Å². The number of carbonyl (C=O) groups excluding carboxylic acids is 1. The molecule has 0 fully saturated rings. The normalized spacial score (nSPS) is 12.0. The van der Waals surface area contributed by atoms with Gasteiger partial charge in [0.2, 0.25) is 4.77 Å². The Bertz CT molecular complexity index is 1010. The van der Waals surface area contributed by atoms with E-state index in [1.54, 1.807) is 16.8 Å². The number of rotatable bonds is 7. The van der Waals surface area contributed by atoms with Gasteiger partial charge in [0, 0.05) is 5.56 Å². The number of hydrogen-bond donors (Lipinski definition) is 3. The number of halogens is 1. The molecule has 0 aliphatic rings. The van der Waals surface area contributed by atoms with Gasteiger partial charge in [-0.2, -0.15) is 4.98 Å². The van der Waals surface area contributed by atoms with Gasteiger partial charge in [0.05, 0.1) is 17.8 Å². The van der Waals surface area contributed by atoms with Crippen LogP contribution in [0.5, 0.6) is 0 Å². The third kappa shape index (κ3) is 5.07. The number of nitrogens with one attached hydrogen (secondary N) is 3. The van der Waals surface area contributed by atoms with Gasteiger partial charge in [0.25, 0.3) is 5.91 Å². The van der Waals surface area contributed by atoms with Crippen molar-refractivity contribution < 1.29 is 9.69 Å². The lowest BCUT2D eigenvalue weighted by molar-refractivity contribution is -0.895. The summed E-state index contributed by atoms with van der Waals surface area (Å²) in [6.07, 6.45) is 0.995. The van der Waals surface area contributed by atoms with Crippen LogP contribution in [0.2, 0.25) is 5.02 Å². The summed E-state index contributed by atoms with van der Waals surface area (Å²) in [7, 11) is 1.92. The zero-order chi connectivity index (χ0) is 20.1. The Morgan fingerprint density at radius 2 is 1.96 bits per heavy atom. The average molecular weight is 417 g/mol. The van der Waals surface area contributed by atoms with Gasteiger partial charge in [-0.25, -0.2) is 4.68 Å². The van der Waals surface area contributed by atoms with Crippen LogP contribution in [0, 0.1) is 4.77 Å². The van der Waals surface area contributed by atoms with E-state index < -0.39 is 0 Å². The highest BCUT2D eigenvalue weighted by molar-refractivity contribution is 7.71. The minimum absolute atomic E-state index is 0.119. The zero-order valence-corrected chi connectivity index (χ0v) is 17.4. The van der Waals surface area contributed by atoms with Crippen LogP contribution in [0.25, 0.3) is 11.4 Å². The van der Waals surface area contributed by atoms with Crippen molar-refractivity contribution in [2.45, 2.75) is 20.0 Å². The maximum Gasteiger partial charge on any atom is 0.279 e. The van der Waals surface area contributed by atoms with Crippen LogP contribution >= 0.6 is 23.8 Å². The molecule has 3 N–H and O–H groups in total. The van der Waals surface area contributed by atoms with Crippen molar-refractivity contribution in [1.82, 2.24) is 14.8 Å². The first-order chi connectivity index (χ1) is 13.5. The minimum atomic E-state index is -0.119. The number of aryl methyl sites for hydroxylation is 1. The summed E-state index contributed by atoms with van der Waals surface area (Å²) in [4.78, 5) is 17.7. The van der Waals surface area contributed by atoms with Crippen LogP contribution in [-0.2, 0) is 17.9 Å². The number of anilines is 1. The summed E-state index contributed by atoms with van der Waals surface area (Å²) in [6.45, 7) is 2.89. The smallest absolute Gasteiger partial charge is 0.279 e. The van der Waals surface area contributed by atoms with Gasteiger partial charge in [-0.15, -0.1) is 0 Å². The van der Waals surface area contributed by atoms with E-state index in [1.165, 1.54) is 5.56 Å². The molecule has 146 valence electrons. The average Bonchev–Trinajstić information content (AvgIpc) is 3.04. The van der Waals surface area contributed by atoms with Gasteiger partial charge in [0.15, 0.2) is 19.0 Å². The standard InChI is InChI=1S/C20H22ClN5OS/c1-3-14-8-10-15(11-9-14)19-23-20(28)26(24-19)13-25(2)12-18(27)22-17-7-5-4-6-16(17)21/h4-11H,3,12-13H2,1-2H3,(H,22,27)(H,23,24,28)/p+1. The van der Waals surface area contributed by atoms with Crippen LogP contribution < -0.4 is 10.2 Å². The summed E-state index contributed by atoms with van der Waals surface area (Å²) in [5.74, 6) is 0.605. The molecular weight excluding hydrogens is 394 g/mol. The molecule has 1 aromatic heterocycles. The van der Waals surface area contributed by atoms with Crippen molar-refractivity contribution in [3.05, 3.63) is 63.9 Å². The Morgan fingerprint density at radius 3 is 2.64 bits per heavy atom. The Kier molecular flexibility index (Phi) is 6.61. The number of amides is 1. The number of benzene rings is 2. The molecule has 0 saturated heterocycles. The molecule has 0 aliphatic carbocycles. The van der Waals surface area contributed by atoms with Gasteiger partial charge < -0.3 is 10.2 Å². The second-order valence-electron chi connectivity index (χ2n) is 6.65. The van der Waals surface area contributed by atoms with Crippen molar-refractivity contribution in [1.29, 1.82) is 0 Å². The van der Waals surface area contributed by atoms with Gasteiger partial charge >= 0.3 is 0 Å². The molecular formula is C20H23ClN5OS+. The number of nitrogens with zero attached hydrogens (tertiary/aromatic N) is 2. The highest BCUT2D eigenvalue weighted by atomic mass is 35.5. The maximum absolute atomic E-state index is 12.3. The second kappa shape index (κ2) is 9.14. The van der Waals surface area contributed by atoms with E-state index in [4.69, 9.17) is 23.8 Å². The van der Waals surface area contributed by atoms with E-state index in [0.29, 0.717) is 22.1 Å². The van der Waals surface area contributed by atoms with Crippen molar-refractivity contribution in [3.63, 3.8) is 0 Å². The third-order valence-corrected chi connectivity index (χ3v) is 4.99. The van der Waals surface area contributed by atoms with E-state index >= 15 is 0 Å². The largest absolute Gasteiger partial charge is 0.320 e. The minimum Gasteiger partial charge on any atom is -0.320 e. The number of aromatic amines is 1. The van der Waals surface area contributed by atoms with Crippen molar-refractivity contribution >= 4 is 35.4 Å². The Hall–Kier alpha value is -2.48. The highest BCUT2D eigenvalue weighted by Gasteiger charge is 2.14. The number of likely N-dealkylation sites (N-methyl/N-ethyl adjacent to an activating group) is 1. The summed E-state index contributed by atoms with van der Waals surface area (Å²) < 4.78 is 2.23. The molecule has 1 amide bonds. The molecule has 3 rings (SSSR count). The SMILES string of the molecule is CCc1ccc(-c2nc(=S)n(C[NH+](C)CC(=O)Nc3ccccc3Cl)[nH]2)cc1. The van der Waals surface area contributed by atoms with Gasteiger partial charge in [-0.3, -0.25) is 9.89 Å². The molecule has 0 spiro atoms. The molecule has 0 bridgehead atoms. The topological polar surface area (TPSA) is 67.2 Å². The molecule has 1 heterocycles. The molecule has 0 aliphatic heterocycles. The number of aromatic nitrogens is 3. The third-order valence-electron chi connectivity index (χ3n) is 4.35. The molecule has 8 heteroatoms. The predicted molar refractivity (Wildman–Crippen MR) is 114 cm³/mol. The molecule has 0 saturated carbocycles. The maximum atomic E-state index is 12.3. The summed E-state index contributed by atoms with van der Waals surface area (Å²) >= 11 is 11.4. The fourth-order valence-electron chi connectivity index (χ4n) is 2.85. The zero-order valence-electron chi connectivity index (χ0n) is 15.8. The lowest BCUT2D eigenvalue weighted by Gasteiger charge is -2.14. The number of quaternary nitrogens is 1. The lowest BCUT2D eigenvalue weighted by Crippen LogP contribution is -3.09. The highest BCUT2D eigenvalue weighted by Crippen LogP contribution is 2.20. The molecule has 1 atom stereocenters. The summed E-state index contributed by atoms with van der Waals surface area (Å²) in [5, 5.41) is 6.57. The van der Waals surface area contributed by atoms with E-state index in [1.807, 2.05) is 31.3 Å². The summed E-state index contributed by atoms with van der Waals surface area (Å²) in [6, 6.07) is 15.4. The second-order valence-corrected chi connectivity index (χ2v) is 7.43. The fourth-order valence-corrected chi connectivity index (χ4v) is 3.23. The first-order valence-electron chi connectivity index (χ1n) is 9.08. The van der Waals surface area contributed by atoms with Crippen LogP contribution in [0.4, 0.5) is 5.69 Å². The Morgan fingerprint density at radius 1 is 1.25 bits per heavy atom. The number of carbonyl (C=O) groups is 1. The molecule has 0 radical (unpaired) electrons. The van der Waals surface area contributed by atoms with Crippen LogP contribution in [0.1, 0.15) is 12.5 Å². The van der Waals surface area contributed by atoms with E-state index in [9.17, 15) is 4.79 Å². The van der Waals surface area contributed by atoms with E-state index in [2.05, 4.69) is 34.5 Å². The molecule has 2 aromatic carbocycles. The van der Waals surface area contributed by atoms with E-state index in [-0.39, 0.29) is 12.5 Å². The number of H-pyrrole nitrogens is 1. The molecule has 6 nitrogen and oxygen atoms in total. The number of hydrogen-bond acceptors (Lipinski definition) is 3. The molecule has 28 heavy (non-hydrogen) atoms. The van der Waals surface area contributed by atoms with Crippen LogP contribution in [-0.4, -0.2) is 34.3 Å². The predicted octanol–water partition coefficient (Wildman–Crippen LogP) is 2.93. The first-order valence-corrected chi connectivity index (χ1v) is 9.86. The van der Waals surface area contributed by atoms with Gasteiger partial charge in [-0.05, 0) is 36.3 Å². The van der Waals surface area contributed by atoms with Crippen LogP contribution in [0.15, 0.2) is 48.5 Å². The fraction of sp³-hybridized carbons (Fsp3) is 0.250. The monoisotopic (exact) mass is 416 g/mol. The Balaban J connectivity index is 1.63. The van der Waals surface area contributed by atoms with Crippen molar-refractivity contribution in [3.8, 4) is 11.4 Å².